The van der Waals surface area contributed by atoms with E-state index in [1.165, 1.54) is 30.3 Å². The first-order valence-electron chi connectivity index (χ1n) is 6.30. The zero-order chi connectivity index (χ0) is 15.4. The van der Waals surface area contributed by atoms with Gasteiger partial charge in [0.2, 0.25) is 0 Å². The van der Waals surface area contributed by atoms with Crippen molar-refractivity contribution < 1.29 is 24.9 Å². The number of nitrogens with one attached hydrogen (secondary N) is 1. The Bertz CT molecular complexity index is 669. The number of hydrogen-bond acceptors (Lipinski definition) is 5. The maximum Gasteiger partial charge on any atom is 0.259 e. The summed E-state index contributed by atoms with van der Waals surface area (Å²) in [4.78, 5) is 12.0. The Labute approximate surface area is 121 Å². The third-order valence-electron chi connectivity index (χ3n) is 2.74. The highest BCUT2D eigenvalue weighted by molar-refractivity contribution is 6.06. The molecule has 0 radical (unpaired) electrons. The van der Waals surface area contributed by atoms with Gasteiger partial charge in [0.05, 0.1) is 12.2 Å². The van der Waals surface area contributed by atoms with Crippen molar-refractivity contribution in [2.45, 2.75) is 6.92 Å². The van der Waals surface area contributed by atoms with Crippen molar-refractivity contribution in [2.24, 2.45) is 0 Å². The number of anilines is 1. The third kappa shape index (κ3) is 3.36. The number of carbonyl (C=O) groups excluding carboxylic acids is 1. The van der Waals surface area contributed by atoms with Crippen molar-refractivity contribution in [3.8, 4) is 23.0 Å². The van der Waals surface area contributed by atoms with E-state index in [-0.39, 0.29) is 28.6 Å². The van der Waals surface area contributed by atoms with E-state index in [1.54, 1.807) is 6.92 Å². The number of phenols is 3. The van der Waals surface area contributed by atoms with Crippen LogP contribution in [0.4, 0.5) is 5.69 Å². The van der Waals surface area contributed by atoms with Crippen molar-refractivity contribution in [2.75, 3.05) is 11.9 Å². The minimum atomic E-state index is -0.541. The molecule has 1 amide bonds. The lowest BCUT2D eigenvalue weighted by Gasteiger charge is -2.10. The molecule has 0 saturated heterocycles. The van der Waals surface area contributed by atoms with Crippen molar-refractivity contribution >= 4 is 11.6 Å². The van der Waals surface area contributed by atoms with Gasteiger partial charge in [-0.3, -0.25) is 4.79 Å². The summed E-state index contributed by atoms with van der Waals surface area (Å²) in [5.41, 5.74) is 0.438. The van der Waals surface area contributed by atoms with E-state index in [1.807, 2.05) is 0 Å². The standard InChI is InChI=1S/C15H15NO5/c1-2-21-14-7-9(3-6-12(14)18)16-15(20)11-5-4-10(17)8-13(11)19/h3-8,17-19H,2H2,1H3,(H,16,20). The average Bonchev–Trinajstić information content (AvgIpc) is 2.42. The largest absolute Gasteiger partial charge is 0.508 e. The molecule has 0 bridgehead atoms. The number of amides is 1. The van der Waals surface area contributed by atoms with Gasteiger partial charge in [-0.1, -0.05) is 0 Å². The van der Waals surface area contributed by atoms with E-state index in [4.69, 9.17) is 4.74 Å². The highest BCUT2D eigenvalue weighted by Crippen LogP contribution is 2.30. The van der Waals surface area contributed by atoms with Crippen LogP contribution in [0.5, 0.6) is 23.0 Å². The molecule has 0 aliphatic heterocycles. The van der Waals surface area contributed by atoms with Gasteiger partial charge < -0.3 is 25.4 Å². The van der Waals surface area contributed by atoms with Gasteiger partial charge in [0.1, 0.15) is 11.5 Å². The van der Waals surface area contributed by atoms with Gasteiger partial charge in [-0.15, -0.1) is 0 Å². The SMILES string of the molecule is CCOc1cc(NC(=O)c2ccc(O)cc2O)ccc1O. The highest BCUT2D eigenvalue weighted by Gasteiger charge is 2.13. The molecular weight excluding hydrogens is 274 g/mol. The molecule has 2 aromatic carbocycles. The first-order valence-corrected chi connectivity index (χ1v) is 6.30. The second-order valence-electron chi connectivity index (χ2n) is 4.27. The third-order valence-corrected chi connectivity index (χ3v) is 2.74. The molecule has 0 spiro atoms. The van der Waals surface area contributed by atoms with Gasteiger partial charge in [-0.25, -0.2) is 0 Å². The number of phenolic OH excluding ortho intramolecular Hbond substituents is 3. The van der Waals surface area contributed by atoms with Gasteiger partial charge in [0.25, 0.3) is 5.91 Å². The van der Waals surface area contributed by atoms with Crippen LogP contribution in [0.15, 0.2) is 36.4 Å². The minimum absolute atomic E-state index is 0.0256. The molecule has 2 rings (SSSR count). The minimum Gasteiger partial charge on any atom is -0.508 e. The fourth-order valence-corrected chi connectivity index (χ4v) is 1.77. The quantitative estimate of drug-likeness (QED) is 0.648. The number of ether oxygens (including phenoxy) is 1. The molecule has 0 aliphatic carbocycles. The number of hydrogen-bond donors (Lipinski definition) is 4. The molecule has 0 saturated carbocycles. The van der Waals surface area contributed by atoms with Crippen LogP contribution in [0, 0.1) is 0 Å². The highest BCUT2D eigenvalue weighted by atomic mass is 16.5. The van der Waals surface area contributed by atoms with Crippen LogP contribution >= 0.6 is 0 Å². The van der Waals surface area contributed by atoms with E-state index in [2.05, 4.69) is 5.32 Å². The smallest absolute Gasteiger partial charge is 0.259 e. The molecule has 6 heteroatoms. The number of rotatable bonds is 4. The number of benzene rings is 2. The molecule has 21 heavy (non-hydrogen) atoms. The summed E-state index contributed by atoms with van der Waals surface area (Å²) in [5.74, 6) is -0.767. The van der Waals surface area contributed by atoms with Gasteiger partial charge in [0, 0.05) is 17.8 Å². The maximum absolute atomic E-state index is 12.0. The summed E-state index contributed by atoms with van der Waals surface area (Å²) in [6.45, 7) is 2.16. The molecule has 6 nitrogen and oxygen atoms in total. The Morgan fingerprint density at radius 1 is 1.10 bits per heavy atom. The van der Waals surface area contributed by atoms with Crippen molar-refractivity contribution in [1.29, 1.82) is 0 Å². The summed E-state index contributed by atoms with van der Waals surface area (Å²) in [7, 11) is 0. The lowest BCUT2D eigenvalue weighted by molar-refractivity contribution is 0.102. The van der Waals surface area contributed by atoms with Crippen LogP contribution in [0.3, 0.4) is 0 Å². The van der Waals surface area contributed by atoms with Gasteiger partial charge in [0.15, 0.2) is 11.5 Å². The maximum atomic E-state index is 12.0. The molecule has 0 aliphatic rings. The predicted octanol–water partition coefficient (Wildman–Crippen LogP) is 2.45. The second-order valence-corrected chi connectivity index (χ2v) is 4.27. The van der Waals surface area contributed by atoms with Crippen LogP contribution in [0.2, 0.25) is 0 Å². The Morgan fingerprint density at radius 3 is 2.52 bits per heavy atom. The van der Waals surface area contributed by atoms with Crippen LogP contribution in [-0.2, 0) is 0 Å². The van der Waals surface area contributed by atoms with E-state index >= 15 is 0 Å². The zero-order valence-electron chi connectivity index (χ0n) is 11.3. The summed E-state index contributed by atoms with van der Waals surface area (Å²) < 4.78 is 5.22. The lowest BCUT2D eigenvalue weighted by atomic mass is 10.1. The van der Waals surface area contributed by atoms with Gasteiger partial charge >= 0.3 is 0 Å². The molecule has 0 heterocycles. The van der Waals surface area contributed by atoms with Crippen LogP contribution in [-0.4, -0.2) is 27.8 Å². The Balaban J connectivity index is 2.21. The van der Waals surface area contributed by atoms with Crippen molar-refractivity contribution in [3.63, 3.8) is 0 Å². The van der Waals surface area contributed by atoms with Crippen LogP contribution < -0.4 is 10.1 Å². The monoisotopic (exact) mass is 289 g/mol. The second kappa shape index (κ2) is 6.04. The Kier molecular flexibility index (Phi) is 4.18. The molecule has 0 unspecified atom stereocenters. The van der Waals surface area contributed by atoms with Crippen molar-refractivity contribution in [3.05, 3.63) is 42.0 Å². The molecule has 2 aromatic rings. The average molecular weight is 289 g/mol. The van der Waals surface area contributed by atoms with E-state index in [0.717, 1.165) is 6.07 Å². The fraction of sp³-hybridized carbons (Fsp3) is 0.133. The summed E-state index contributed by atoms with van der Waals surface area (Å²) in [5, 5.41) is 31.0. The predicted molar refractivity (Wildman–Crippen MR) is 77.0 cm³/mol. The van der Waals surface area contributed by atoms with Gasteiger partial charge in [-0.05, 0) is 31.2 Å². The molecule has 0 fully saturated rings. The summed E-state index contributed by atoms with van der Waals surface area (Å²) in [6, 6.07) is 8.08. The first-order chi connectivity index (χ1) is 10.0. The molecule has 110 valence electrons. The van der Waals surface area contributed by atoms with E-state index < -0.39 is 5.91 Å². The van der Waals surface area contributed by atoms with E-state index in [9.17, 15) is 20.1 Å². The molecule has 0 aromatic heterocycles. The fourth-order valence-electron chi connectivity index (χ4n) is 1.77. The number of aromatic hydroxyl groups is 3. The molecular formula is C15H15NO5. The summed E-state index contributed by atoms with van der Waals surface area (Å²) >= 11 is 0. The lowest BCUT2D eigenvalue weighted by Crippen LogP contribution is -2.12. The van der Waals surface area contributed by atoms with Gasteiger partial charge in [-0.2, -0.15) is 0 Å². The van der Waals surface area contributed by atoms with E-state index in [0.29, 0.717) is 12.3 Å². The number of carbonyl (C=O) groups is 1. The molecule has 4 N–H and O–H groups in total. The molecule has 0 atom stereocenters. The van der Waals surface area contributed by atoms with Crippen LogP contribution in [0.1, 0.15) is 17.3 Å². The van der Waals surface area contributed by atoms with Crippen molar-refractivity contribution in [1.82, 2.24) is 0 Å². The zero-order valence-corrected chi connectivity index (χ0v) is 11.3. The topological polar surface area (TPSA) is 99.0 Å². The van der Waals surface area contributed by atoms with Crippen LogP contribution in [0.25, 0.3) is 0 Å². The Hall–Kier alpha value is -2.89. The Morgan fingerprint density at radius 2 is 1.86 bits per heavy atom. The summed E-state index contributed by atoms with van der Waals surface area (Å²) in [6.07, 6.45) is 0. The first kappa shape index (κ1) is 14.5. The normalized spacial score (nSPS) is 10.1.